The molecule has 396 valence electrons. The average Bonchev–Trinajstić information content (AvgIpc) is 4.08. The van der Waals surface area contributed by atoms with Crippen LogP contribution in [0.1, 0.15) is 102 Å². The molecule has 6 rings (SSSR count). The lowest BCUT2D eigenvalue weighted by atomic mass is 9.97. The van der Waals surface area contributed by atoms with Gasteiger partial charge in [0, 0.05) is 65.3 Å². The molecule has 5 heterocycles. The Bertz CT molecular complexity index is 2300. The molecule has 2 aliphatic rings. The lowest BCUT2D eigenvalue weighted by Crippen LogP contribution is -2.52. The first kappa shape index (κ1) is 57.2. The van der Waals surface area contributed by atoms with Crippen molar-refractivity contribution in [2.24, 2.45) is 29.2 Å². The number of amides is 2. The summed E-state index contributed by atoms with van der Waals surface area (Å²) >= 11 is 0. The molecule has 1 unspecified atom stereocenters. The van der Waals surface area contributed by atoms with Gasteiger partial charge >= 0.3 is 0 Å². The van der Waals surface area contributed by atoms with Crippen molar-refractivity contribution < 1.29 is 28.9 Å². The monoisotopic (exact) mass is 1020 g/mol. The Labute approximate surface area is 430 Å². The molecule has 3 aromatic heterocycles. The van der Waals surface area contributed by atoms with Crippen LogP contribution in [0.5, 0.6) is 5.75 Å². The van der Waals surface area contributed by atoms with Gasteiger partial charge in [-0.1, -0.05) is 82.9 Å². The quantitative estimate of drug-likeness (QED) is 0.0493. The zero-order valence-corrected chi connectivity index (χ0v) is 43.7. The number of carbonyl (C=O) groups is 2. The minimum atomic E-state index is -0.689. The Morgan fingerprint density at radius 2 is 1.28 bits per heavy atom. The standard InChI is InChI=1S/C49H76N16O6.ClH/c1-8-24-69-26-28-71-29-27-70-25-15-52-47-53-48(55-49(54-47)63-22-18-61(19-23-63)46(68)44(36(7)10-3)65-32-40(56-59-65)39(50)30-34(4)5)62-20-16-60(17-21-62)45(67)42(31-37-11-13-38(66)14-12-37)64-33-41(57-58-64)43(51)35(6)9-2;/h1,11-14,32-36,39,42-44,66H,9-10,15-31,50-51H2,2-7H3,(H,52,53,54,55);1H/t35?,36-,39-,42+,43-,44-;/m0./s1. The van der Waals surface area contributed by atoms with Crippen LogP contribution >= 0.6 is 12.4 Å². The maximum absolute atomic E-state index is 14.5. The van der Waals surface area contributed by atoms with Crippen LogP contribution in [0.25, 0.3) is 0 Å². The van der Waals surface area contributed by atoms with Crippen molar-refractivity contribution in [3.63, 3.8) is 0 Å². The lowest BCUT2D eigenvalue weighted by molar-refractivity contribution is -0.137. The molecule has 0 saturated carbocycles. The third-order valence-electron chi connectivity index (χ3n) is 13.3. The number of phenolic OH excluding ortho intramolecular Hbond substituents is 1. The molecular weight excluding hydrogens is 944 g/mol. The number of nitrogens with zero attached hydrogens (tertiary/aromatic N) is 13. The third kappa shape index (κ3) is 15.9. The highest BCUT2D eigenvalue weighted by atomic mass is 35.5. The Balaban J connectivity index is 0.00000963. The fourth-order valence-corrected chi connectivity index (χ4v) is 8.53. The zero-order chi connectivity index (χ0) is 50.9. The number of hydrogen-bond donors (Lipinski definition) is 4. The summed E-state index contributed by atoms with van der Waals surface area (Å²) in [6.07, 6.45) is 11.6. The highest BCUT2D eigenvalue weighted by Crippen LogP contribution is 2.28. The van der Waals surface area contributed by atoms with Gasteiger partial charge in [0.05, 0.1) is 68.9 Å². The fourth-order valence-electron chi connectivity index (χ4n) is 8.53. The largest absolute Gasteiger partial charge is 0.508 e. The second-order valence-corrected chi connectivity index (χ2v) is 18.9. The maximum atomic E-state index is 14.5. The van der Waals surface area contributed by atoms with Gasteiger partial charge in [0.1, 0.15) is 24.4 Å². The third-order valence-corrected chi connectivity index (χ3v) is 13.3. The number of carbonyl (C=O) groups excluding carboxylic acids is 2. The minimum absolute atomic E-state index is 0. The van der Waals surface area contributed by atoms with Crippen molar-refractivity contribution in [1.29, 1.82) is 0 Å². The summed E-state index contributed by atoms with van der Waals surface area (Å²) in [4.78, 5) is 51.4. The minimum Gasteiger partial charge on any atom is -0.508 e. The van der Waals surface area contributed by atoms with E-state index in [1.54, 1.807) is 27.7 Å². The van der Waals surface area contributed by atoms with E-state index in [2.05, 4.69) is 83.2 Å². The molecule has 2 amide bonds. The molecule has 2 aliphatic heterocycles. The van der Waals surface area contributed by atoms with Gasteiger partial charge in [0.2, 0.25) is 29.7 Å². The first-order chi connectivity index (χ1) is 34.3. The predicted molar refractivity (Wildman–Crippen MR) is 277 cm³/mol. The number of aromatic nitrogens is 9. The number of nitrogens with two attached hydrogens (primary N) is 2. The van der Waals surface area contributed by atoms with E-state index in [0.29, 0.717) is 134 Å². The first-order valence-corrected chi connectivity index (χ1v) is 25.2. The van der Waals surface area contributed by atoms with Crippen molar-refractivity contribution >= 4 is 42.1 Å². The Hall–Kier alpha value is -5.70. The topological polar surface area (TPSA) is 259 Å². The molecular formula is C49H77ClN16O6. The number of piperazine rings is 2. The molecule has 6 atom stereocenters. The number of nitrogens with one attached hydrogen (secondary N) is 1. The summed E-state index contributed by atoms with van der Waals surface area (Å²) < 4.78 is 19.9. The van der Waals surface area contributed by atoms with Crippen LogP contribution in [-0.4, -0.2) is 170 Å². The number of hydrogen-bond acceptors (Lipinski definition) is 18. The number of benzene rings is 1. The van der Waals surface area contributed by atoms with Gasteiger partial charge in [0.15, 0.2) is 0 Å². The number of phenols is 1. The fraction of sp³-hybridized carbons (Fsp3) is 0.653. The van der Waals surface area contributed by atoms with Gasteiger partial charge in [-0.25, -0.2) is 9.36 Å². The van der Waals surface area contributed by atoms with Gasteiger partial charge in [-0.15, -0.1) is 29.0 Å². The Kier molecular flexibility index (Phi) is 22.7. The summed E-state index contributed by atoms with van der Waals surface area (Å²) in [6.45, 7) is 18.9. The molecule has 23 heteroatoms. The summed E-state index contributed by atoms with van der Waals surface area (Å²) in [5, 5.41) is 30.9. The summed E-state index contributed by atoms with van der Waals surface area (Å²) in [7, 11) is 0. The number of halogens is 1. The second kappa shape index (κ2) is 28.5. The van der Waals surface area contributed by atoms with Crippen molar-refractivity contribution in [2.45, 2.75) is 91.4 Å². The van der Waals surface area contributed by atoms with E-state index in [9.17, 15) is 14.7 Å². The van der Waals surface area contributed by atoms with Crippen molar-refractivity contribution in [1.82, 2.24) is 54.7 Å². The smallest absolute Gasteiger partial charge is 0.247 e. The van der Waals surface area contributed by atoms with Crippen LogP contribution in [0.4, 0.5) is 17.8 Å². The van der Waals surface area contributed by atoms with Gasteiger partial charge in [-0.05, 0) is 41.9 Å². The van der Waals surface area contributed by atoms with E-state index in [1.165, 1.54) is 0 Å². The van der Waals surface area contributed by atoms with E-state index < -0.39 is 12.1 Å². The zero-order valence-electron chi connectivity index (χ0n) is 42.9. The van der Waals surface area contributed by atoms with E-state index in [4.69, 9.17) is 47.1 Å². The van der Waals surface area contributed by atoms with E-state index >= 15 is 0 Å². The van der Waals surface area contributed by atoms with E-state index in [1.807, 2.05) is 28.1 Å². The molecule has 72 heavy (non-hydrogen) atoms. The van der Waals surface area contributed by atoms with Gasteiger partial charge in [-0.2, -0.15) is 15.0 Å². The van der Waals surface area contributed by atoms with Gasteiger partial charge in [-0.3, -0.25) is 9.59 Å². The SMILES string of the molecule is C#CCOCCOCCOCCNc1nc(N2CCN(C(=O)[C@@H](Cc3ccc(O)cc3)n3cc([C@@H](N)C(C)CC)nn3)CC2)nc(N2CCN(C(=O)[C@H]([C@@H](C)CC)n3cc([C@@H](N)CC(C)C)nn3)CC2)n1.Cl. The lowest BCUT2D eigenvalue weighted by Gasteiger charge is -2.38. The molecule has 4 aromatic rings. The van der Waals surface area contributed by atoms with Crippen LogP contribution in [0.2, 0.25) is 0 Å². The molecule has 6 N–H and O–H groups in total. The van der Waals surface area contributed by atoms with Crippen LogP contribution < -0.4 is 26.6 Å². The molecule has 1 aromatic carbocycles. The van der Waals surface area contributed by atoms with Crippen LogP contribution in [-0.2, 0) is 30.2 Å². The molecule has 0 spiro atoms. The molecule has 2 fully saturated rings. The van der Waals surface area contributed by atoms with E-state index in [-0.39, 0.29) is 60.5 Å². The molecule has 0 radical (unpaired) electrons. The number of aromatic hydroxyl groups is 1. The van der Waals surface area contributed by atoms with Crippen molar-refractivity contribution in [3.05, 3.63) is 53.6 Å². The highest BCUT2D eigenvalue weighted by Gasteiger charge is 2.35. The summed E-state index contributed by atoms with van der Waals surface area (Å²) in [5.41, 5.74) is 15.2. The van der Waals surface area contributed by atoms with Gasteiger partial charge in [0.25, 0.3) is 0 Å². The highest BCUT2D eigenvalue weighted by molar-refractivity contribution is 5.85. The molecule has 0 bridgehead atoms. The number of ether oxygens (including phenoxy) is 3. The molecule has 22 nitrogen and oxygen atoms in total. The number of terminal acetylenes is 1. The maximum Gasteiger partial charge on any atom is 0.247 e. The van der Waals surface area contributed by atoms with Crippen LogP contribution in [0, 0.1) is 30.1 Å². The number of rotatable bonds is 27. The second-order valence-electron chi connectivity index (χ2n) is 18.9. The first-order valence-electron chi connectivity index (χ1n) is 25.2. The molecule has 0 aliphatic carbocycles. The Morgan fingerprint density at radius 3 is 1.86 bits per heavy atom. The van der Waals surface area contributed by atoms with Crippen LogP contribution in [0.3, 0.4) is 0 Å². The normalized spacial score (nSPS) is 16.7. The van der Waals surface area contributed by atoms with Crippen LogP contribution in [0.15, 0.2) is 36.7 Å². The van der Waals surface area contributed by atoms with Crippen molar-refractivity contribution in [3.8, 4) is 18.1 Å². The van der Waals surface area contributed by atoms with E-state index in [0.717, 1.165) is 24.8 Å². The number of anilines is 3. The summed E-state index contributed by atoms with van der Waals surface area (Å²) in [6, 6.07) is 5.06. The van der Waals surface area contributed by atoms with Crippen molar-refractivity contribution in [2.75, 3.05) is 114 Å². The summed E-state index contributed by atoms with van der Waals surface area (Å²) in [5.74, 6) is 4.40. The Morgan fingerprint density at radius 1 is 0.736 bits per heavy atom. The molecule has 2 saturated heterocycles. The average molecular weight is 1020 g/mol. The predicted octanol–water partition coefficient (Wildman–Crippen LogP) is 3.44. The van der Waals surface area contributed by atoms with Gasteiger partial charge < -0.3 is 55.7 Å².